The Balaban J connectivity index is 1.32. The van der Waals surface area contributed by atoms with Crippen LogP contribution in [0, 0.1) is 0 Å². The molecule has 5 heteroatoms. The van der Waals surface area contributed by atoms with Crippen LogP contribution in [0.25, 0.3) is 0 Å². The third-order valence-electron chi connectivity index (χ3n) is 3.88. The average Bonchev–Trinajstić information content (AvgIpc) is 2.61. The van der Waals surface area contributed by atoms with Crippen LogP contribution < -0.4 is 10.1 Å². The lowest BCUT2D eigenvalue weighted by Gasteiger charge is -2.16. The van der Waals surface area contributed by atoms with Crippen LogP contribution in [0.1, 0.15) is 30.4 Å². The fourth-order valence-corrected chi connectivity index (χ4v) is 2.55. The van der Waals surface area contributed by atoms with Gasteiger partial charge in [-0.3, -0.25) is 4.79 Å². The van der Waals surface area contributed by atoms with Gasteiger partial charge >= 0.3 is 0 Å². The lowest BCUT2D eigenvalue weighted by molar-refractivity contribution is -0.116. The molecule has 0 radical (unpaired) electrons. The van der Waals surface area contributed by atoms with Crippen LogP contribution >= 0.6 is 0 Å². The van der Waals surface area contributed by atoms with Crippen molar-refractivity contribution in [3.63, 3.8) is 0 Å². The molecule has 2 heterocycles. The summed E-state index contributed by atoms with van der Waals surface area (Å²) in [4.78, 5) is 15.7. The van der Waals surface area contributed by atoms with E-state index in [1.165, 1.54) is 5.56 Å². The van der Waals surface area contributed by atoms with Crippen molar-refractivity contribution < 1.29 is 14.3 Å². The molecular formula is C19H22N2O3. The zero-order chi connectivity index (χ0) is 16.6. The number of amides is 1. The first-order valence-corrected chi connectivity index (χ1v) is 8.35. The minimum atomic E-state index is 0.0164. The van der Waals surface area contributed by atoms with Crippen molar-refractivity contribution in [2.75, 3.05) is 18.5 Å². The second-order valence-corrected chi connectivity index (χ2v) is 5.80. The molecule has 0 unspecified atom stereocenters. The largest absolute Gasteiger partial charge is 0.478 e. The monoisotopic (exact) mass is 326 g/mol. The fourth-order valence-electron chi connectivity index (χ4n) is 2.55. The Labute approximate surface area is 142 Å². The number of ether oxygens (including phenoxy) is 2. The first-order valence-electron chi connectivity index (χ1n) is 8.35. The van der Waals surface area contributed by atoms with Gasteiger partial charge in [-0.05, 0) is 36.5 Å². The zero-order valence-electron chi connectivity index (χ0n) is 13.7. The summed E-state index contributed by atoms with van der Waals surface area (Å²) >= 11 is 0. The number of nitrogens with one attached hydrogen (secondary N) is 1. The Morgan fingerprint density at radius 2 is 1.83 bits per heavy atom. The van der Waals surface area contributed by atoms with Crippen LogP contribution in [0.15, 0.2) is 42.5 Å². The van der Waals surface area contributed by atoms with Crippen molar-refractivity contribution in [3.8, 4) is 5.88 Å². The fraction of sp³-hybridized carbons (Fsp3) is 0.368. The second-order valence-electron chi connectivity index (χ2n) is 5.80. The van der Waals surface area contributed by atoms with Gasteiger partial charge in [-0.1, -0.05) is 30.3 Å². The van der Waals surface area contributed by atoms with Crippen molar-refractivity contribution in [1.29, 1.82) is 0 Å². The first-order chi connectivity index (χ1) is 11.8. The average molecular weight is 326 g/mol. The molecule has 3 rings (SSSR count). The molecule has 1 aromatic carbocycles. The Morgan fingerprint density at radius 1 is 1.00 bits per heavy atom. The number of unbranched alkanes of at least 4 members (excludes halogenated alkanes) is 1. The van der Waals surface area contributed by atoms with E-state index >= 15 is 0 Å². The third kappa shape index (κ3) is 4.80. The summed E-state index contributed by atoms with van der Waals surface area (Å²) in [5.41, 5.74) is 2.25. The predicted octanol–water partition coefficient (Wildman–Crippen LogP) is 3.34. The number of rotatable bonds is 8. The van der Waals surface area contributed by atoms with Gasteiger partial charge in [-0.25, -0.2) is 0 Å². The highest BCUT2D eigenvalue weighted by atomic mass is 16.5. The van der Waals surface area contributed by atoms with E-state index < -0.39 is 0 Å². The van der Waals surface area contributed by atoms with Gasteiger partial charge in [0.05, 0.1) is 13.2 Å². The lowest BCUT2D eigenvalue weighted by atomic mass is 10.1. The molecule has 126 valence electrons. The molecule has 0 saturated carbocycles. The molecule has 0 fully saturated rings. The van der Waals surface area contributed by atoms with Gasteiger partial charge < -0.3 is 14.8 Å². The van der Waals surface area contributed by atoms with Gasteiger partial charge in [-0.15, -0.1) is 0 Å². The number of fused-ring (bicyclic) bond motifs is 1. The van der Waals surface area contributed by atoms with Crippen LogP contribution in [0.3, 0.4) is 0 Å². The number of aryl methyl sites for hydroxylation is 1. The Hall–Kier alpha value is -2.40. The van der Waals surface area contributed by atoms with Gasteiger partial charge in [-0.2, -0.15) is 4.98 Å². The number of aromatic nitrogens is 1. The molecule has 1 N–H and O–H groups in total. The number of anilines is 1. The summed E-state index contributed by atoms with van der Waals surface area (Å²) in [5, 5.41) is 2.78. The Morgan fingerprint density at radius 3 is 2.71 bits per heavy atom. The zero-order valence-corrected chi connectivity index (χ0v) is 13.7. The van der Waals surface area contributed by atoms with Crippen molar-refractivity contribution in [2.24, 2.45) is 0 Å². The van der Waals surface area contributed by atoms with Gasteiger partial charge in [0.15, 0.2) is 0 Å². The number of hydrogen-bond acceptors (Lipinski definition) is 4. The van der Waals surface area contributed by atoms with E-state index in [9.17, 15) is 4.79 Å². The summed E-state index contributed by atoms with van der Waals surface area (Å²) in [6.45, 7) is 1.95. The lowest BCUT2D eigenvalue weighted by Crippen LogP contribution is -2.20. The highest BCUT2D eigenvalue weighted by Gasteiger charge is 2.16. The third-order valence-corrected chi connectivity index (χ3v) is 3.88. The molecule has 24 heavy (non-hydrogen) atoms. The maximum Gasteiger partial charge on any atom is 0.225 e. The maximum atomic E-state index is 11.4. The predicted molar refractivity (Wildman–Crippen MR) is 92.0 cm³/mol. The highest BCUT2D eigenvalue weighted by molar-refractivity contribution is 5.92. The molecule has 1 aliphatic rings. The van der Waals surface area contributed by atoms with E-state index in [0.29, 0.717) is 37.9 Å². The van der Waals surface area contributed by atoms with E-state index in [4.69, 9.17) is 9.47 Å². The molecule has 0 bridgehead atoms. The number of hydrogen-bond donors (Lipinski definition) is 1. The summed E-state index contributed by atoms with van der Waals surface area (Å²) in [5.74, 6) is 1.21. The topological polar surface area (TPSA) is 60.5 Å². The van der Waals surface area contributed by atoms with Crippen molar-refractivity contribution in [3.05, 3.63) is 53.6 Å². The van der Waals surface area contributed by atoms with Gasteiger partial charge in [0, 0.05) is 19.1 Å². The molecular weight excluding hydrogens is 304 g/mol. The molecule has 5 nitrogen and oxygen atoms in total. The van der Waals surface area contributed by atoms with Crippen molar-refractivity contribution >= 4 is 11.7 Å². The Bertz CT molecular complexity index is 674. The summed E-state index contributed by atoms with van der Waals surface area (Å²) < 4.78 is 11.3. The van der Waals surface area contributed by atoms with Gasteiger partial charge in [0.1, 0.15) is 5.82 Å². The Kier molecular flexibility index (Phi) is 5.80. The van der Waals surface area contributed by atoms with Crippen LogP contribution in [0.4, 0.5) is 5.82 Å². The standard InChI is InChI=1S/C19H22N2O3/c22-17-10-8-16-9-11-18(21-19(16)20-17)24-13-5-4-12-23-14-15-6-2-1-3-7-15/h1-3,6-7,9,11H,4-5,8,10,12-14H2,(H,20,21,22). The van der Waals surface area contributed by atoms with Crippen molar-refractivity contribution in [1.82, 2.24) is 4.98 Å². The number of pyridine rings is 1. The second kappa shape index (κ2) is 8.45. The molecule has 1 aliphatic heterocycles. The maximum absolute atomic E-state index is 11.4. The van der Waals surface area contributed by atoms with Gasteiger partial charge in [0.2, 0.25) is 11.8 Å². The molecule has 0 aliphatic carbocycles. The summed E-state index contributed by atoms with van der Waals surface area (Å²) in [6.07, 6.45) is 3.11. The molecule has 0 saturated heterocycles. The van der Waals surface area contributed by atoms with Crippen LogP contribution in [-0.2, 0) is 22.6 Å². The van der Waals surface area contributed by atoms with E-state index in [1.807, 2.05) is 30.3 Å². The highest BCUT2D eigenvalue weighted by Crippen LogP contribution is 2.23. The van der Waals surface area contributed by atoms with Crippen LogP contribution in [-0.4, -0.2) is 24.1 Å². The summed E-state index contributed by atoms with van der Waals surface area (Å²) in [7, 11) is 0. The molecule has 0 spiro atoms. The van der Waals surface area contributed by atoms with Crippen LogP contribution in [0.2, 0.25) is 0 Å². The van der Waals surface area contributed by atoms with Crippen LogP contribution in [0.5, 0.6) is 5.88 Å². The molecule has 0 atom stereocenters. The van der Waals surface area contributed by atoms with E-state index in [2.05, 4.69) is 22.4 Å². The number of carbonyl (C=O) groups excluding carboxylic acids is 1. The number of nitrogens with zero attached hydrogens (tertiary/aromatic N) is 1. The molecule has 2 aromatic rings. The number of benzene rings is 1. The van der Waals surface area contributed by atoms with Crippen molar-refractivity contribution in [2.45, 2.75) is 32.3 Å². The number of carbonyl (C=O) groups is 1. The smallest absolute Gasteiger partial charge is 0.225 e. The quantitative estimate of drug-likeness (QED) is 0.756. The molecule has 1 amide bonds. The minimum absolute atomic E-state index is 0.0164. The SMILES string of the molecule is O=C1CCc2ccc(OCCCCOCc3ccccc3)nc2N1. The molecule has 1 aromatic heterocycles. The summed E-state index contributed by atoms with van der Waals surface area (Å²) in [6, 6.07) is 14.0. The normalized spacial score (nSPS) is 13.2. The van der Waals surface area contributed by atoms with E-state index in [1.54, 1.807) is 0 Å². The van der Waals surface area contributed by atoms with E-state index in [0.717, 1.165) is 24.8 Å². The minimum Gasteiger partial charge on any atom is -0.478 e. The van der Waals surface area contributed by atoms with E-state index in [-0.39, 0.29) is 5.91 Å². The van der Waals surface area contributed by atoms with Gasteiger partial charge in [0.25, 0.3) is 0 Å². The first kappa shape index (κ1) is 16.5.